The van der Waals surface area contributed by atoms with Crippen molar-refractivity contribution in [3.63, 3.8) is 0 Å². The highest BCUT2D eigenvalue weighted by atomic mass is 127. The molecule has 148 valence electrons. The Morgan fingerprint density at radius 3 is 2.60 bits per heavy atom. The van der Waals surface area contributed by atoms with Crippen molar-refractivity contribution >= 4 is 29.9 Å². The van der Waals surface area contributed by atoms with E-state index in [2.05, 4.69) is 10.3 Å². The quantitative estimate of drug-likeness (QED) is 0.252. The maximum Gasteiger partial charge on any atom is 0.401 e. The third kappa shape index (κ3) is 9.28. The first kappa shape index (κ1) is 22.8. The van der Waals surface area contributed by atoms with E-state index in [4.69, 9.17) is 4.74 Å². The number of likely N-dealkylation sites (N-methyl/N-ethyl adjacent to an activating group) is 1. The number of nitrogens with zero attached hydrogens (tertiary/aromatic N) is 3. The molecule has 2 fully saturated rings. The van der Waals surface area contributed by atoms with E-state index in [-0.39, 0.29) is 29.9 Å². The number of aliphatic imine (C=N–C) groups is 1. The molecule has 2 aliphatic rings. The highest BCUT2D eigenvalue weighted by Gasteiger charge is 2.34. The maximum atomic E-state index is 12.4. The van der Waals surface area contributed by atoms with Crippen molar-refractivity contribution in [2.24, 2.45) is 16.8 Å². The zero-order chi connectivity index (χ0) is 17.6. The molecule has 0 amide bonds. The molecule has 1 aliphatic heterocycles. The minimum atomic E-state index is -4.11. The Morgan fingerprint density at radius 1 is 1.28 bits per heavy atom. The van der Waals surface area contributed by atoms with Crippen molar-refractivity contribution in [1.29, 1.82) is 0 Å². The zero-order valence-corrected chi connectivity index (χ0v) is 17.3. The Morgan fingerprint density at radius 2 is 2.00 bits per heavy atom. The first-order chi connectivity index (χ1) is 11.4. The van der Waals surface area contributed by atoms with Crippen LogP contribution in [0.4, 0.5) is 13.2 Å². The molecule has 25 heavy (non-hydrogen) atoms. The largest absolute Gasteiger partial charge is 0.401 e. The van der Waals surface area contributed by atoms with Gasteiger partial charge in [-0.15, -0.1) is 24.0 Å². The van der Waals surface area contributed by atoms with Crippen LogP contribution in [0.3, 0.4) is 0 Å². The Balaban J connectivity index is 0.00000312. The summed E-state index contributed by atoms with van der Waals surface area (Å²) < 4.78 is 42.9. The van der Waals surface area contributed by atoms with Crippen molar-refractivity contribution in [3.05, 3.63) is 0 Å². The summed E-state index contributed by atoms with van der Waals surface area (Å²) in [5, 5.41) is 3.27. The van der Waals surface area contributed by atoms with Gasteiger partial charge in [0.25, 0.3) is 0 Å². The van der Waals surface area contributed by atoms with Crippen LogP contribution in [-0.2, 0) is 4.74 Å². The number of alkyl halides is 3. The fourth-order valence-corrected chi connectivity index (χ4v) is 2.94. The van der Waals surface area contributed by atoms with E-state index in [9.17, 15) is 13.2 Å². The first-order valence-electron chi connectivity index (χ1n) is 8.66. The van der Waals surface area contributed by atoms with Gasteiger partial charge in [-0.05, 0) is 37.6 Å². The second-order valence-corrected chi connectivity index (χ2v) is 6.87. The number of likely N-dealkylation sites (tertiary alicyclic amines) is 1. The van der Waals surface area contributed by atoms with Crippen molar-refractivity contribution in [2.75, 3.05) is 60.0 Å². The summed E-state index contributed by atoms with van der Waals surface area (Å²) in [6.07, 6.45) is -0.759. The van der Waals surface area contributed by atoms with Crippen LogP contribution in [0.5, 0.6) is 0 Å². The van der Waals surface area contributed by atoms with Crippen LogP contribution in [0, 0.1) is 11.8 Å². The van der Waals surface area contributed by atoms with Crippen LogP contribution in [-0.4, -0.2) is 82.0 Å². The molecule has 5 nitrogen and oxygen atoms in total. The Hall–Kier alpha value is -0.290. The lowest BCUT2D eigenvalue weighted by Gasteiger charge is -2.23. The van der Waals surface area contributed by atoms with E-state index < -0.39 is 12.7 Å². The normalized spacial score (nSPS) is 22.0. The van der Waals surface area contributed by atoms with Crippen molar-refractivity contribution in [2.45, 2.75) is 25.4 Å². The monoisotopic (exact) mass is 478 g/mol. The summed E-state index contributed by atoms with van der Waals surface area (Å²) in [7, 11) is 3.66. The molecule has 1 atom stereocenters. The van der Waals surface area contributed by atoms with E-state index >= 15 is 0 Å². The van der Waals surface area contributed by atoms with Crippen LogP contribution >= 0.6 is 24.0 Å². The topological polar surface area (TPSA) is 40.1 Å². The summed E-state index contributed by atoms with van der Waals surface area (Å²) in [6.45, 7) is 3.09. The lowest BCUT2D eigenvalue weighted by molar-refractivity contribution is -0.143. The fraction of sp³-hybridized carbons (Fsp3) is 0.938. The number of hydrogen-bond donors (Lipinski definition) is 1. The van der Waals surface area contributed by atoms with Gasteiger partial charge in [0.05, 0.1) is 13.2 Å². The third-order valence-corrected chi connectivity index (χ3v) is 4.52. The first-order valence-corrected chi connectivity index (χ1v) is 8.66. The molecule has 1 N–H and O–H groups in total. The minimum absolute atomic E-state index is 0. The molecule has 1 saturated heterocycles. The van der Waals surface area contributed by atoms with Crippen LogP contribution in [0.15, 0.2) is 4.99 Å². The Bertz CT molecular complexity index is 419. The molecule has 0 radical (unpaired) electrons. The van der Waals surface area contributed by atoms with Gasteiger partial charge >= 0.3 is 6.18 Å². The zero-order valence-electron chi connectivity index (χ0n) is 15.0. The highest BCUT2D eigenvalue weighted by molar-refractivity contribution is 14.0. The van der Waals surface area contributed by atoms with E-state index in [1.165, 1.54) is 17.7 Å². The maximum absolute atomic E-state index is 12.4. The number of guanidine groups is 1. The lowest BCUT2D eigenvalue weighted by Crippen LogP contribution is -2.43. The molecule has 1 unspecified atom stereocenters. The lowest BCUT2D eigenvalue weighted by atomic mass is 10.1. The summed E-state index contributed by atoms with van der Waals surface area (Å²) in [6, 6.07) is 0. The summed E-state index contributed by atoms with van der Waals surface area (Å²) in [5.74, 6) is 1.75. The summed E-state index contributed by atoms with van der Waals surface area (Å²) in [4.78, 5) is 7.71. The highest BCUT2D eigenvalue weighted by Crippen LogP contribution is 2.28. The van der Waals surface area contributed by atoms with Gasteiger partial charge in [-0.1, -0.05) is 0 Å². The predicted octanol–water partition coefficient (Wildman–Crippen LogP) is 2.42. The van der Waals surface area contributed by atoms with E-state index in [1.807, 2.05) is 11.9 Å². The fourth-order valence-electron chi connectivity index (χ4n) is 2.94. The van der Waals surface area contributed by atoms with Gasteiger partial charge in [-0.3, -0.25) is 9.89 Å². The predicted molar refractivity (Wildman–Crippen MR) is 104 cm³/mol. The van der Waals surface area contributed by atoms with Crippen LogP contribution in [0.1, 0.15) is 19.3 Å². The second-order valence-electron chi connectivity index (χ2n) is 6.87. The van der Waals surface area contributed by atoms with Gasteiger partial charge in [0.15, 0.2) is 5.96 Å². The smallest absolute Gasteiger partial charge is 0.379 e. The van der Waals surface area contributed by atoms with E-state index in [1.54, 1.807) is 7.05 Å². The van der Waals surface area contributed by atoms with Gasteiger partial charge in [0, 0.05) is 40.3 Å². The molecule has 0 bridgehead atoms. The average molecular weight is 478 g/mol. The molecular weight excluding hydrogens is 448 g/mol. The molecule has 0 aromatic heterocycles. The van der Waals surface area contributed by atoms with Gasteiger partial charge in [-0.25, -0.2) is 0 Å². The standard InChI is InChI=1S/C16H29F3N4O.HI/c1-20-15(22(2)7-8-24-11-13-3-4-13)21-9-14-5-6-23(10-14)12-16(17,18)19;/h13-14H,3-12H2,1-2H3,(H,20,21);1H. The Labute approximate surface area is 165 Å². The van der Waals surface area contributed by atoms with Gasteiger partial charge < -0.3 is 15.0 Å². The minimum Gasteiger partial charge on any atom is -0.379 e. The molecular formula is C16H30F3IN4O. The van der Waals surface area contributed by atoms with E-state index in [0.29, 0.717) is 26.2 Å². The number of rotatable bonds is 8. The van der Waals surface area contributed by atoms with Crippen molar-refractivity contribution < 1.29 is 17.9 Å². The number of nitrogens with one attached hydrogen (secondary N) is 1. The van der Waals surface area contributed by atoms with Gasteiger partial charge in [0.1, 0.15) is 0 Å². The van der Waals surface area contributed by atoms with Crippen LogP contribution in [0.2, 0.25) is 0 Å². The van der Waals surface area contributed by atoms with Crippen LogP contribution in [0.25, 0.3) is 0 Å². The molecule has 0 aromatic rings. The SMILES string of the molecule is CN=C(NCC1CCN(CC(F)(F)F)C1)N(C)CCOCC1CC1.I. The summed E-state index contributed by atoms with van der Waals surface area (Å²) >= 11 is 0. The van der Waals surface area contributed by atoms with Crippen molar-refractivity contribution in [3.8, 4) is 0 Å². The average Bonchev–Trinajstić information content (AvgIpc) is 3.23. The van der Waals surface area contributed by atoms with Gasteiger partial charge in [0.2, 0.25) is 0 Å². The number of hydrogen-bond acceptors (Lipinski definition) is 3. The molecule has 0 spiro atoms. The second kappa shape index (κ2) is 10.8. The number of ether oxygens (including phenoxy) is 1. The Kier molecular flexibility index (Phi) is 9.79. The molecule has 9 heteroatoms. The van der Waals surface area contributed by atoms with Crippen LogP contribution < -0.4 is 5.32 Å². The van der Waals surface area contributed by atoms with Gasteiger partial charge in [-0.2, -0.15) is 13.2 Å². The van der Waals surface area contributed by atoms with Crippen molar-refractivity contribution in [1.82, 2.24) is 15.1 Å². The summed E-state index contributed by atoms with van der Waals surface area (Å²) in [5.41, 5.74) is 0. The number of halogens is 4. The molecule has 1 saturated carbocycles. The third-order valence-electron chi connectivity index (χ3n) is 4.52. The molecule has 1 aliphatic carbocycles. The van der Waals surface area contributed by atoms with E-state index in [0.717, 1.165) is 31.4 Å². The molecule has 1 heterocycles. The molecule has 2 rings (SSSR count). The molecule has 0 aromatic carbocycles.